The number of carbonyl (C=O) groups is 1. The smallest absolute Gasteiger partial charge is 0.273 e. The Morgan fingerprint density at radius 1 is 1.11 bits per heavy atom. The fourth-order valence-electron chi connectivity index (χ4n) is 5.32. The summed E-state index contributed by atoms with van der Waals surface area (Å²) in [5.74, 6) is 0.204. The largest absolute Gasteiger partial charge is 0.382 e. The summed E-state index contributed by atoms with van der Waals surface area (Å²) in [4.78, 5) is 28.6. The molecule has 208 valence electrons. The second kappa shape index (κ2) is 14.0. The molecule has 10 nitrogen and oxygen atoms in total. The third-order valence-electron chi connectivity index (χ3n) is 7.32. The van der Waals surface area contributed by atoms with Crippen LogP contribution in [0.25, 0.3) is 0 Å². The predicted molar refractivity (Wildman–Crippen MR) is 156 cm³/mol. The Bertz CT molecular complexity index is 1070. The van der Waals surface area contributed by atoms with Gasteiger partial charge in [0.05, 0.1) is 0 Å². The van der Waals surface area contributed by atoms with Gasteiger partial charge in [-0.15, -0.1) is 0 Å². The van der Waals surface area contributed by atoms with Gasteiger partial charge < -0.3 is 16.0 Å². The van der Waals surface area contributed by atoms with E-state index >= 15 is 0 Å². The topological polar surface area (TPSA) is 129 Å². The van der Waals surface area contributed by atoms with Gasteiger partial charge in [-0.3, -0.25) is 19.7 Å². The Labute approximate surface area is 239 Å². The molecule has 1 amide bonds. The number of piperidine rings is 1. The van der Waals surface area contributed by atoms with Gasteiger partial charge in [0.25, 0.3) is 5.91 Å². The molecule has 1 aromatic heterocycles. The normalized spacial score (nSPS) is 19.6. The molecule has 1 unspecified atom stereocenters. The molecule has 3 heterocycles. The highest BCUT2D eigenvalue weighted by Gasteiger charge is 2.34. The third kappa shape index (κ3) is 7.41. The van der Waals surface area contributed by atoms with Crippen LogP contribution in [0.5, 0.6) is 0 Å². The van der Waals surface area contributed by atoms with E-state index in [0.717, 1.165) is 75.7 Å². The van der Waals surface area contributed by atoms with Gasteiger partial charge in [-0.2, -0.15) is 0 Å². The summed E-state index contributed by atoms with van der Waals surface area (Å²) in [7, 11) is 0. The maximum atomic E-state index is 12.5. The SMILES string of the molecule is CCC1CN(c2nc(N)c(C(=O)NCCNSN)nc2Cl)CCN1C1CCN(Cc2ccc(Cl)cc2)CC1. The molecule has 0 bridgehead atoms. The lowest BCUT2D eigenvalue weighted by molar-refractivity contribution is 0.0610. The Morgan fingerprint density at radius 3 is 2.53 bits per heavy atom. The lowest BCUT2D eigenvalue weighted by Gasteiger charge is -2.47. The van der Waals surface area contributed by atoms with Crippen molar-refractivity contribution in [3.8, 4) is 0 Å². The number of rotatable bonds is 10. The molecule has 0 aliphatic carbocycles. The molecule has 4 rings (SSSR count). The van der Waals surface area contributed by atoms with Crippen molar-refractivity contribution >= 4 is 52.9 Å². The number of halogens is 2. The first-order chi connectivity index (χ1) is 18.4. The Hall–Kier alpha value is -1.86. The molecule has 2 aliphatic rings. The summed E-state index contributed by atoms with van der Waals surface area (Å²) in [6.45, 7) is 8.75. The highest BCUT2D eigenvalue weighted by Crippen LogP contribution is 2.30. The minimum absolute atomic E-state index is 0.0372. The molecule has 2 saturated heterocycles. The molecule has 0 saturated carbocycles. The summed E-state index contributed by atoms with van der Waals surface area (Å²) >= 11 is 13.5. The lowest BCUT2D eigenvalue weighted by Crippen LogP contribution is -2.58. The highest BCUT2D eigenvalue weighted by atomic mass is 35.5. The van der Waals surface area contributed by atoms with Crippen LogP contribution in [0.4, 0.5) is 11.6 Å². The number of aromatic nitrogens is 2. The summed E-state index contributed by atoms with van der Waals surface area (Å²) in [6, 6.07) is 9.09. The van der Waals surface area contributed by atoms with Crippen molar-refractivity contribution in [3.05, 3.63) is 45.7 Å². The molecular weight excluding hydrogens is 545 g/mol. The molecule has 0 spiro atoms. The summed E-state index contributed by atoms with van der Waals surface area (Å²) in [5, 5.41) is 9.02. The van der Waals surface area contributed by atoms with E-state index in [9.17, 15) is 4.79 Å². The van der Waals surface area contributed by atoms with Crippen LogP contribution in [0.2, 0.25) is 10.2 Å². The summed E-state index contributed by atoms with van der Waals surface area (Å²) in [6.07, 6.45) is 3.33. The number of hydrogen-bond acceptors (Lipinski definition) is 10. The van der Waals surface area contributed by atoms with E-state index in [-0.39, 0.29) is 16.7 Å². The quantitative estimate of drug-likeness (QED) is 0.245. The van der Waals surface area contributed by atoms with Crippen LogP contribution in [0, 0.1) is 0 Å². The lowest BCUT2D eigenvalue weighted by atomic mass is 9.98. The van der Waals surface area contributed by atoms with Gasteiger partial charge in [0, 0.05) is 68.5 Å². The van der Waals surface area contributed by atoms with E-state index in [2.05, 4.69) is 53.8 Å². The van der Waals surface area contributed by atoms with Gasteiger partial charge in [-0.1, -0.05) is 42.3 Å². The van der Waals surface area contributed by atoms with Crippen molar-refractivity contribution in [2.24, 2.45) is 5.14 Å². The minimum Gasteiger partial charge on any atom is -0.382 e. The second-order valence-electron chi connectivity index (χ2n) is 9.72. The van der Waals surface area contributed by atoms with Gasteiger partial charge in [0.2, 0.25) is 0 Å². The number of nitrogens with one attached hydrogen (secondary N) is 2. The molecule has 2 aromatic rings. The second-order valence-corrected chi connectivity index (χ2v) is 11.0. The van der Waals surface area contributed by atoms with Crippen LogP contribution in [-0.4, -0.2) is 83.6 Å². The maximum Gasteiger partial charge on any atom is 0.273 e. The van der Waals surface area contributed by atoms with Crippen LogP contribution in [0.3, 0.4) is 0 Å². The van der Waals surface area contributed by atoms with Crippen LogP contribution < -0.4 is 25.8 Å². The molecule has 13 heteroatoms. The molecule has 6 N–H and O–H groups in total. The molecule has 1 aromatic carbocycles. The fourth-order valence-corrected chi connectivity index (χ4v) is 5.91. The zero-order valence-electron chi connectivity index (χ0n) is 21.7. The zero-order chi connectivity index (χ0) is 27.1. The number of carbonyl (C=O) groups excluding carboxylic acids is 1. The van der Waals surface area contributed by atoms with Gasteiger partial charge in [-0.05, 0) is 50.0 Å². The Balaban J connectivity index is 1.33. The van der Waals surface area contributed by atoms with E-state index < -0.39 is 5.91 Å². The first kappa shape index (κ1) is 29.1. The number of nitrogen functional groups attached to an aromatic ring is 1. The molecule has 38 heavy (non-hydrogen) atoms. The number of benzene rings is 1. The first-order valence-corrected chi connectivity index (χ1v) is 14.7. The van der Waals surface area contributed by atoms with Gasteiger partial charge in [0.1, 0.15) is 0 Å². The van der Waals surface area contributed by atoms with E-state index in [1.54, 1.807) is 0 Å². The van der Waals surface area contributed by atoms with Gasteiger partial charge in [0.15, 0.2) is 22.5 Å². The monoisotopic (exact) mass is 581 g/mol. The van der Waals surface area contributed by atoms with Crippen molar-refractivity contribution in [1.82, 2.24) is 29.8 Å². The maximum absolute atomic E-state index is 12.5. The van der Waals surface area contributed by atoms with Crippen molar-refractivity contribution in [2.75, 3.05) is 56.4 Å². The number of nitrogens with zero attached hydrogens (tertiary/aromatic N) is 5. The number of anilines is 2. The fraction of sp³-hybridized carbons (Fsp3) is 0.560. The molecular formula is C25H37Cl2N9OS. The van der Waals surface area contributed by atoms with Crippen molar-refractivity contribution < 1.29 is 4.79 Å². The number of likely N-dealkylation sites (tertiary alicyclic amines) is 1. The molecule has 2 fully saturated rings. The predicted octanol–water partition coefficient (Wildman–Crippen LogP) is 2.77. The zero-order valence-corrected chi connectivity index (χ0v) is 24.0. The third-order valence-corrected chi connectivity index (χ3v) is 8.20. The van der Waals surface area contributed by atoms with Crippen LogP contribution in [0.15, 0.2) is 24.3 Å². The van der Waals surface area contributed by atoms with Crippen LogP contribution in [0.1, 0.15) is 42.2 Å². The van der Waals surface area contributed by atoms with Crippen LogP contribution in [-0.2, 0) is 6.54 Å². The number of nitrogens with two attached hydrogens (primary N) is 2. The average Bonchev–Trinajstić information content (AvgIpc) is 2.93. The van der Waals surface area contributed by atoms with Crippen LogP contribution >= 0.6 is 35.3 Å². The first-order valence-electron chi connectivity index (χ1n) is 13.1. The number of piperazine rings is 1. The van der Waals surface area contributed by atoms with E-state index in [1.807, 2.05) is 12.1 Å². The van der Waals surface area contributed by atoms with Crippen molar-refractivity contribution in [1.29, 1.82) is 0 Å². The summed E-state index contributed by atoms with van der Waals surface area (Å²) < 4.78 is 2.85. The standard InChI is InChI=1S/C25H37Cl2N9OS/c1-2-19-16-35(24-22(27)32-21(23(28)33-24)25(37)30-9-10-31-38-29)13-14-36(19)20-7-11-34(12-8-20)15-17-3-5-18(26)6-4-17/h3-6,19-20,31H,2,7-16,29H2,1H3,(H2,28,33)(H,30,37). The minimum atomic E-state index is -0.411. The van der Waals surface area contributed by atoms with Crippen molar-refractivity contribution in [2.45, 2.75) is 44.8 Å². The van der Waals surface area contributed by atoms with Gasteiger partial charge >= 0.3 is 0 Å². The summed E-state index contributed by atoms with van der Waals surface area (Å²) in [5.41, 5.74) is 7.47. The van der Waals surface area contributed by atoms with E-state index in [0.29, 0.717) is 31.0 Å². The Kier molecular flexibility index (Phi) is 10.7. The van der Waals surface area contributed by atoms with E-state index in [1.165, 1.54) is 5.56 Å². The van der Waals surface area contributed by atoms with E-state index in [4.69, 9.17) is 34.1 Å². The Morgan fingerprint density at radius 2 is 1.84 bits per heavy atom. The van der Waals surface area contributed by atoms with Gasteiger partial charge in [-0.25, -0.2) is 14.7 Å². The molecule has 0 radical (unpaired) electrons. The highest BCUT2D eigenvalue weighted by molar-refractivity contribution is 7.95. The van der Waals surface area contributed by atoms with Crippen molar-refractivity contribution in [3.63, 3.8) is 0 Å². The number of hydrogen-bond donors (Lipinski definition) is 4. The average molecular weight is 583 g/mol. The number of amides is 1. The molecule has 1 atom stereocenters. The molecule has 2 aliphatic heterocycles.